The third-order valence-corrected chi connectivity index (χ3v) is 3.26. The Kier molecular flexibility index (Phi) is 3.45. The van der Waals surface area contributed by atoms with Gasteiger partial charge in [0.05, 0.1) is 22.6 Å². The molecule has 3 rings (SSSR count). The maximum absolute atomic E-state index is 12.1. The summed E-state index contributed by atoms with van der Waals surface area (Å²) in [5.74, 6) is -0.284. The largest absolute Gasteiger partial charge is 0.318 e. The van der Waals surface area contributed by atoms with E-state index in [1.807, 2.05) is 18.2 Å². The summed E-state index contributed by atoms with van der Waals surface area (Å²) in [6.07, 6.45) is 3.28. The summed E-state index contributed by atoms with van der Waals surface area (Å²) in [6.45, 7) is 0. The van der Waals surface area contributed by atoms with Crippen molar-refractivity contribution in [1.29, 1.82) is 0 Å². The van der Waals surface area contributed by atoms with Gasteiger partial charge in [0.25, 0.3) is 5.91 Å². The van der Waals surface area contributed by atoms with Gasteiger partial charge in [-0.05, 0) is 12.1 Å². The van der Waals surface area contributed by atoms with Gasteiger partial charge in [-0.15, -0.1) is 0 Å². The van der Waals surface area contributed by atoms with Crippen molar-refractivity contribution in [1.82, 2.24) is 20.0 Å². The smallest absolute Gasteiger partial charge is 0.273 e. The van der Waals surface area contributed by atoms with Gasteiger partial charge in [-0.2, -0.15) is 10.2 Å². The molecule has 0 unspecified atom stereocenters. The Balaban J connectivity index is 1.82. The zero-order chi connectivity index (χ0) is 14.8. The zero-order valence-corrected chi connectivity index (χ0v) is 11.9. The summed E-state index contributed by atoms with van der Waals surface area (Å²) in [5.41, 5.74) is 2.37. The number of rotatable bonds is 3. The van der Waals surface area contributed by atoms with E-state index in [4.69, 9.17) is 11.6 Å². The molecule has 0 fully saturated rings. The summed E-state index contributed by atoms with van der Waals surface area (Å²) in [5, 5.41) is 14.1. The maximum atomic E-state index is 12.1. The highest BCUT2D eigenvalue weighted by molar-refractivity contribution is 6.33. The Morgan fingerprint density at radius 3 is 2.90 bits per heavy atom. The molecule has 0 spiro atoms. The second-order valence-corrected chi connectivity index (χ2v) is 4.91. The topological polar surface area (TPSA) is 75.6 Å². The molecule has 2 N–H and O–H groups in total. The first kappa shape index (κ1) is 13.4. The van der Waals surface area contributed by atoms with Crippen LogP contribution in [0, 0.1) is 0 Å². The summed E-state index contributed by atoms with van der Waals surface area (Å²) in [6, 6.07) is 9.00. The van der Waals surface area contributed by atoms with Crippen LogP contribution in [0.4, 0.5) is 5.69 Å². The van der Waals surface area contributed by atoms with Crippen molar-refractivity contribution in [3.8, 4) is 11.3 Å². The number of aromatic nitrogens is 4. The third-order valence-electron chi connectivity index (χ3n) is 2.94. The molecule has 0 bridgehead atoms. The van der Waals surface area contributed by atoms with Crippen LogP contribution in [0.1, 0.15) is 10.5 Å². The fourth-order valence-corrected chi connectivity index (χ4v) is 2.16. The number of nitrogens with one attached hydrogen (secondary N) is 2. The van der Waals surface area contributed by atoms with Crippen LogP contribution in [0.5, 0.6) is 0 Å². The number of anilines is 1. The SMILES string of the molecule is Cn1cc(NC(=O)c2cc(-c3ccccc3Cl)n[nH]2)cn1. The van der Waals surface area contributed by atoms with Gasteiger partial charge in [-0.1, -0.05) is 29.8 Å². The van der Waals surface area contributed by atoms with Gasteiger partial charge in [0.2, 0.25) is 0 Å². The minimum absolute atomic E-state index is 0.284. The number of aromatic amines is 1. The van der Waals surface area contributed by atoms with E-state index in [0.717, 1.165) is 5.56 Å². The van der Waals surface area contributed by atoms with Gasteiger partial charge in [0, 0.05) is 18.8 Å². The van der Waals surface area contributed by atoms with Crippen LogP contribution in [-0.2, 0) is 7.05 Å². The van der Waals surface area contributed by atoms with E-state index >= 15 is 0 Å². The highest BCUT2D eigenvalue weighted by Crippen LogP contribution is 2.26. The molecule has 21 heavy (non-hydrogen) atoms. The van der Waals surface area contributed by atoms with Crippen molar-refractivity contribution < 1.29 is 4.79 Å². The molecule has 0 aliphatic heterocycles. The molecule has 7 heteroatoms. The molecule has 6 nitrogen and oxygen atoms in total. The van der Waals surface area contributed by atoms with Crippen LogP contribution in [0.2, 0.25) is 5.02 Å². The molecule has 2 heterocycles. The average molecular weight is 302 g/mol. The molecule has 0 saturated heterocycles. The lowest BCUT2D eigenvalue weighted by molar-refractivity contribution is 0.102. The van der Waals surface area contributed by atoms with Gasteiger partial charge in [0.15, 0.2) is 0 Å². The Morgan fingerprint density at radius 2 is 2.19 bits per heavy atom. The molecule has 1 amide bonds. The third kappa shape index (κ3) is 2.80. The van der Waals surface area contributed by atoms with Crippen molar-refractivity contribution in [3.63, 3.8) is 0 Å². The normalized spacial score (nSPS) is 10.6. The first-order valence-corrected chi connectivity index (χ1v) is 6.61. The number of aryl methyl sites for hydroxylation is 1. The second-order valence-electron chi connectivity index (χ2n) is 4.50. The number of hydrogen-bond acceptors (Lipinski definition) is 3. The average Bonchev–Trinajstić information content (AvgIpc) is 3.09. The molecule has 0 aliphatic carbocycles. The number of amides is 1. The molecule has 0 radical (unpaired) electrons. The van der Waals surface area contributed by atoms with Crippen LogP contribution >= 0.6 is 11.6 Å². The lowest BCUT2D eigenvalue weighted by atomic mass is 10.1. The number of halogens is 1. The monoisotopic (exact) mass is 301 g/mol. The van der Waals surface area contributed by atoms with Crippen molar-refractivity contribution in [2.75, 3.05) is 5.32 Å². The first-order chi connectivity index (χ1) is 10.1. The van der Waals surface area contributed by atoms with Gasteiger partial charge in [-0.25, -0.2) is 0 Å². The highest BCUT2D eigenvalue weighted by Gasteiger charge is 2.13. The number of hydrogen-bond donors (Lipinski definition) is 2. The van der Waals surface area contributed by atoms with Crippen LogP contribution in [-0.4, -0.2) is 25.9 Å². The lowest BCUT2D eigenvalue weighted by Gasteiger charge is -1.99. The number of carbonyl (C=O) groups is 1. The quantitative estimate of drug-likeness (QED) is 0.781. The summed E-state index contributed by atoms with van der Waals surface area (Å²) < 4.78 is 1.61. The molecule has 0 aliphatic rings. The number of nitrogens with zero attached hydrogens (tertiary/aromatic N) is 3. The van der Waals surface area contributed by atoms with Crippen LogP contribution in [0.25, 0.3) is 11.3 Å². The Bertz CT molecular complexity index is 792. The van der Waals surface area contributed by atoms with Crippen molar-refractivity contribution in [2.45, 2.75) is 0 Å². The predicted molar refractivity (Wildman–Crippen MR) is 80.2 cm³/mol. The molecule has 0 saturated carbocycles. The first-order valence-electron chi connectivity index (χ1n) is 6.24. The molecule has 3 aromatic rings. The Labute approximate surface area is 125 Å². The van der Waals surface area contributed by atoms with Gasteiger partial charge < -0.3 is 5.32 Å². The van der Waals surface area contributed by atoms with Crippen LogP contribution in [0.15, 0.2) is 42.7 Å². The molecule has 106 valence electrons. The van der Waals surface area contributed by atoms with Crippen LogP contribution in [0.3, 0.4) is 0 Å². The highest BCUT2D eigenvalue weighted by atomic mass is 35.5. The van der Waals surface area contributed by atoms with E-state index < -0.39 is 0 Å². The zero-order valence-electron chi connectivity index (χ0n) is 11.2. The molecular weight excluding hydrogens is 290 g/mol. The van der Waals surface area contributed by atoms with E-state index in [-0.39, 0.29) is 5.91 Å². The summed E-state index contributed by atoms with van der Waals surface area (Å²) >= 11 is 6.11. The molecule has 2 aromatic heterocycles. The van der Waals surface area contributed by atoms with E-state index in [1.54, 1.807) is 36.3 Å². The second kappa shape index (κ2) is 5.41. The summed E-state index contributed by atoms with van der Waals surface area (Å²) in [4.78, 5) is 12.1. The van der Waals surface area contributed by atoms with Crippen molar-refractivity contribution in [2.24, 2.45) is 7.05 Å². The maximum Gasteiger partial charge on any atom is 0.273 e. The van der Waals surface area contributed by atoms with Gasteiger partial charge >= 0.3 is 0 Å². The number of H-pyrrole nitrogens is 1. The predicted octanol–water partition coefficient (Wildman–Crippen LogP) is 2.72. The molecule has 0 atom stereocenters. The minimum atomic E-state index is -0.284. The standard InChI is InChI=1S/C14H12ClN5O/c1-20-8-9(7-16-20)17-14(21)13-6-12(18-19-13)10-4-2-3-5-11(10)15/h2-8H,1H3,(H,17,21)(H,18,19). The Morgan fingerprint density at radius 1 is 1.38 bits per heavy atom. The van der Waals surface area contributed by atoms with E-state index in [1.165, 1.54) is 0 Å². The fourth-order valence-electron chi connectivity index (χ4n) is 1.93. The number of carbonyl (C=O) groups excluding carboxylic acids is 1. The molecule has 1 aromatic carbocycles. The van der Waals surface area contributed by atoms with E-state index in [2.05, 4.69) is 20.6 Å². The fraction of sp³-hybridized carbons (Fsp3) is 0.0714. The van der Waals surface area contributed by atoms with Crippen LogP contribution < -0.4 is 5.32 Å². The van der Waals surface area contributed by atoms with Gasteiger partial charge in [0.1, 0.15) is 5.69 Å². The lowest BCUT2D eigenvalue weighted by Crippen LogP contribution is -2.11. The Hall–Kier alpha value is -2.60. The molecular formula is C14H12ClN5O. The number of benzene rings is 1. The van der Waals surface area contributed by atoms with Crippen molar-refractivity contribution >= 4 is 23.2 Å². The van der Waals surface area contributed by atoms with Crippen molar-refractivity contribution in [3.05, 3.63) is 53.4 Å². The summed E-state index contributed by atoms with van der Waals surface area (Å²) in [7, 11) is 1.78. The van der Waals surface area contributed by atoms with E-state index in [9.17, 15) is 4.79 Å². The van der Waals surface area contributed by atoms with Gasteiger partial charge in [-0.3, -0.25) is 14.6 Å². The minimum Gasteiger partial charge on any atom is -0.318 e. The van der Waals surface area contributed by atoms with E-state index in [0.29, 0.717) is 22.1 Å².